The maximum atomic E-state index is 12.1. The van der Waals surface area contributed by atoms with Gasteiger partial charge < -0.3 is 15.0 Å². The van der Waals surface area contributed by atoms with Gasteiger partial charge in [0.25, 0.3) is 0 Å². The van der Waals surface area contributed by atoms with Crippen LogP contribution in [0.2, 0.25) is 0 Å². The second-order valence-corrected chi connectivity index (χ2v) is 7.81. The Morgan fingerprint density at radius 2 is 1.91 bits per heavy atom. The second-order valence-electron chi connectivity index (χ2n) is 7.81. The van der Waals surface area contributed by atoms with Crippen LogP contribution in [0.1, 0.15) is 57.1 Å². The van der Waals surface area contributed by atoms with Crippen molar-refractivity contribution in [1.29, 1.82) is 0 Å². The van der Waals surface area contributed by atoms with Crippen molar-refractivity contribution < 1.29 is 9.53 Å². The summed E-state index contributed by atoms with van der Waals surface area (Å²) in [5, 5.41) is 3.56. The first-order chi connectivity index (χ1) is 10.9. The Morgan fingerprint density at radius 1 is 1.22 bits per heavy atom. The summed E-state index contributed by atoms with van der Waals surface area (Å²) < 4.78 is 5.43. The van der Waals surface area contributed by atoms with Crippen molar-refractivity contribution in [2.45, 2.75) is 64.1 Å². The van der Waals surface area contributed by atoms with Crippen LogP contribution in [0.4, 0.5) is 4.79 Å². The Hall–Kier alpha value is -1.55. The molecule has 2 aliphatic rings. The Bertz CT molecular complexity index is 543. The smallest absolute Gasteiger partial charge is 0.410 e. The van der Waals surface area contributed by atoms with Crippen LogP contribution in [0.5, 0.6) is 0 Å². The Balaban J connectivity index is 1.43. The zero-order valence-electron chi connectivity index (χ0n) is 14.5. The van der Waals surface area contributed by atoms with Gasteiger partial charge in [0.2, 0.25) is 0 Å². The fourth-order valence-corrected chi connectivity index (χ4v) is 3.01. The molecule has 2 fully saturated rings. The average molecular weight is 316 g/mol. The third-order valence-corrected chi connectivity index (χ3v) is 4.46. The van der Waals surface area contributed by atoms with Crippen molar-refractivity contribution in [3.63, 3.8) is 0 Å². The summed E-state index contributed by atoms with van der Waals surface area (Å²) >= 11 is 0. The predicted octanol–water partition coefficient (Wildman–Crippen LogP) is 3.66. The Morgan fingerprint density at radius 3 is 2.52 bits per heavy atom. The number of likely N-dealkylation sites (tertiary alicyclic amines) is 1. The van der Waals surface area contributed by atoms with Crippen LogP contribution in [0, 0.1) is 0 Å². The number of carbonyl (C=O) groups excluding carboxylic acids is 1. The van der Waals surface area contributed by atoms with E-state index in [9.17, 15) is 4.79 Å². The molecule has 1 atom stereocenters. The predicted molar refractivity (Wildman–Crippen MR) is 91.5 cm³/mol. The van der Waals surface area contributed by atoms with Crippen LogP contribution in [0.25, 0.3) is 0 Å². The molecule has 1 N–H and O–H groups in total. The van der Waals surface area contributed by atoms with Crippen molar-refractivity contribution in [3.05, 3.63) is 35.4 Å². The molecule has 0 radical (unpaired) electrons. The van der Waals surface area contributed by atoms with E-state index in [1.165, 1.54) is 24.0 Å². The molecule has 1 unspecified atom stereocenters. The minimum Gasteiger partial charge on any atom is -0.444 e. The first-order valence-electron chi connectivity index (χ1n) is 8.71. The topological polar surface area (TPSA) is 41.6 Å². The lowest BCUT2D eigenvalue weighted by atomic mass is 10.1. The number of amides is 1. The molecule has 1 saturated heterocycles. The van der Waals surface area contributed by atoms with E-state index in [1.54, 1.807) is 4.90 Å². The van der Waals surface area contributed by atoms with Gasteiger partial charge in [-0.3, -0.25) is 0 Å². The number of benzene rings is 1. The number of nitrogens with zero attached hydrogens (tertiary/aromatic N) is 1. The highest BCUT2D eigenvalue weighted by Gasteiger charge is 2.29. The molecule has 0 spiro atoms. The van der Waals surface area contributed by atoms with Crippen molar-refractivity contribution in [1.82, 2.24) is 10.2 Å². The molecule has 0 aromatic heterocycles. The molecule has 1 aromatic carbocycles. The van der Waals surface area contributed by atoms with Gasteiger partial charge in [0, 0.05) is 25.7 Å². The second kappa shape index (κ2) is 6.52. The molecule has 1 aliphatic heterocycles. The van der Waals surface area contributed by atoms with E-state index in [4.69, 9.17) is 4.74 Å². The molecule has 4 heteroatoms. The molecule has 4 nitrogen and oxygen atoms in total. The molecule has 1 heterocycles. The van der Waals surface area contributed by atoms with E-state index in [0.29, 0.717) is 6.04 Å². The molecule has 23 heavy (non-hydrogen) atoms. The molecule has 1 aliphatic carbocycles. The van der Waals surface area contributed by atoms with E-state index in [0.717, 1.165) is 32.0 Å². The number of ether oxygens (including phenoxy) is 1. The minimum absolute atomic E-state index is 0.199. The van der Waals surface area contributed by atoms with Crippen LogP contribution in [0.3, 0.4) is 0 Å². The highest BCUT2D eigenvalue weighted by molar-refractivity contribution is 5.68. The van der Waals surface area contributed by atoms with Gasteiger partial charge in [-0.2, -0.15) is 0 Å². The average Bonchev–Trinajstić information content (AvgIpc) is 3.22. The maximum Gasteiger partial charge on any atom is 0.410 e. The van der Waals surface area contributed by atoms with Crippen LogP contribution in [-0.4, -0.2) is 35.7 Å². The van der Waals surface area contributed by atoms with Gasteiger partial charge in [-0.25, -0.2) is 4.79 Å². The molecule has 1 aromatic rings. The van der Waals surface area contributed by atoms with E-state index in [-0.39, 0.29) is 6.09 Å². The van der Waals surface area contributed by atoms with E-state index in [1.807, 2.05) is 20.8 Å². The zero-order valence-corrected chi connectivity index (χ0v) is 14.5. The van der Waals surface area contributed by atoms with Crippen LogP contribution >= 0.6 is 0 Å². The number of carbonyl (C=O) groups is 1. The van der Waals surface area contributed by atoms with Gasteiger partial charge >= 0.3 is 6.09 Å². The molecular formula is C19H28N2O2. The Kier molecular flexibility index (Phi) is 4.62. The van der Waals surface area contributed by atoms with E-state index < -0.39 is 5.60 Å². The summed E-state index contributed by atoms with van der Waals surface area (Å²) in [4.78, 5) is 13.9. The molecule has 1 amide bonds. The lowest BCUT2D eigenvalue weighted by molar-refractivity contribution is 0.0291. The van der Waals surface area contributed by atoms with E-state index >= 15 is 0 Å². The van der Waals surface area contributed by atoms with Crippen molar-refractivity contribution in [3.8, 4) is 0 Å². The van der Waals surface area contributed by atoms with Crippen LogP contribution in [0.15, 0.2) is 24.3 Å². The first-order valence-corrected chi connectivity index (χ1v) is 8.71. The fraction of sp³-hybridized carbons (Fsp3) is 0.632. The first kappa shape index (κ1) is 16.3. The summed E-state index contributed by atoms with van der Waals surface area (Å²) in [7, 11) is 0. The van der Waals surface area contributed by atoms with Crippen LogP contribution < -0.4 is 5.32 Å². The summed E-state index contributed by atoms with van der Waals surface area (Å²) in [5.41, 5.74) is 2.36. The quantitative estimate of drug-likeness (QED) is 0.921. The van der Waals surface area contributed by atoms with E-state index in [2.05, 4.69) is 29.6 Å². The normalized spacial score (nSPS) is 21.5. The monoisotopic (exact) mass is 316 g/mol. The molecule has 126 valence electrons. The highest BCUT2D eigenvalue weighted by atomic mass is 16.6. The van der Waals surface area contributed by atoms with Gasteiger partial charge in [0.05, 0.1) is 0 Å². The van der Waals surface area contributed by atoms with Gasteiger partial charge in [-0.1, -0.05) is 24.3 Å². The summed E-state index contributed by atoms with van der Waals surface area (Å²) in [5.74, 6) is 0.814. The van der Waals surface area contributed by atoms with Crippen molar-refractivity contribution in [2.24, 2.45) is 0 Å². The Labute approximate surface area is 139 Å². The summed E-state index contributed by atoms with van der Waals surface area (Å²) in [6.07, 6.45) is 3.48. The third-order valence-electron chi connectivity index (χ3n) is 4.46. The molecule has 3 rings (SSSR count). The number of hydrogen-bond donors (Lipinski definition) is 1. The highest BCUT2D eigenvalue weighted by Crippen LogP contribution is 2.39. The van der Waals surface area contributed by atoms with Gasteiger partial charge in [-0.05, 0) is 57.1 Å². The zero-order chi connectivity index (χ0) is 16.4. The third kappa shape index (κ3) is 4.71. The number of hydrogen-bond acceptors (Lipinski definition) is 3. The van der Waals surface area contributed by atoms with Gasteiger partial charge in [0.1, 0.15) is 5.60 Å². The lowest BCUT2D eigenvalue weighted by Crippen LogP contribution is -2.38. The number of nitrogens with one attached hydrogen (secondary N) is 1. The molecule has 0 bridgehead atoms. The standard InChI is InChI=1S/C19H28N2O2/c1-19(2,3)23-18(22)21-11-10-17(13-21)20-12-14-4-6-15(7-5-14)16-8-9-16/h4-7,16-17,20H,8-13H2,1-3H3. The SMILES string of the molecule is CC(C)(C)OC(=O)N1CCC(NCc2ccc(C3CC3)cc2)C1. The van der Waals surface area contributed by atoms with Gasteiger partial charge in [0.15, 0.2) is 0 Å². The minimum atomic E-state index is -0.425. The summed E-state index contributed by atoms with van der Waals surface area (Å²) in [6.45, 7) is 8.08. The lowest BCUT2D eigenvalue weighted by Gasteiger charge is -2.24. The van der Waals surface area contributed by atoms with Gasteiger partial charge in [-0.15, -0.1) is 0 Å². The largest absolute Gasteiger partial charge is 0.444 e. The number of rotatable bonds is 4. The fourth-order valence-electron chi connectivity index (χ4n) is 3.01. The van der Waals surface area contributed by atoms with Crippen molar-refractivity contribution in [2.75, 3.05) is 13.1 Å². The van der Waals surface area contributed by atoms with Crippen molar-refractivity contribution >= 4 is 6.09 Å². The maximum absolute atomic E-state index is 12.1. The molecule has 1 saturated carbocycles. The summed E-state index contributed by atoms with van der Waals surface area (Å²) in [6, 6.07) is 9.32. The molecular weight excluding hydrogens is 288 g/mol. The van der Waals surface area contributed by atoms with Crippen LogP contribution in [-0.2, 0) is 11.3 Å².